The SMILES string of the molecule is CN1CCC(C)(CNCC(=O)NC(C)(C)C)CC1. The molecule has 0 saturated carbocycles. The number of carbonyl (C=O) groups is 1. The minimum absolute atomic E-state index is 0.0824. The Balaban J connectivity index is 2.23. The summed E-state index contributed by atoms with van der Waals surface area (Å²) in [5.41, 5.74) is 0.199. The highest BCUT2D eigenvalue weighted by Crippen LogP contribution is 2.29. The number of hydrogen-bond donors (Lipinski definition) is 2. The molecular formula is C14H29N3O. The number of nitrogens with zero attached hydrogens (tertiary/aromatic N) is 1. The van der Waals surface area contributed by atoms with Crippen molar-refractivity contribution in [1.29, 1.82) is 0 Å². The van der Waals surface area contributed by atoms with Gasteiger partial charge in [-0.2, -0.15) is 0 Å². The highest BCUT2D eigenvalue weighted by atomic mass is 16.2. The molecule has 1 aliphatic heterocycles. The fourth-order valence-corrected chi connectivity index (χ4v) is 2.28. The quantitative estimate of drug-likeness (QED) is 0.794. The molecule has 0 spiro atoms. The number of rotatable bonds is 4. The first-order valence-corrected chi connectivity index (χ1v) is 6.91. The Morgan fingerprint density at radius 2 is 1.83 bits per heavy atom. The van der Waals surface area contributed by atoms with Crippen molar-refractivity contribution in [1.82, 2.24) is 15.5 Å². The van der Waals surface area contributed by atoms with Crippen LogP contribution in [-0.2, 0) is 4.79 Å². The van der Waals surface area contributed by atoms with Crippen molar-refractivity contribution in [2.45, 2.75) is 46.1 Å². The molecule has 0 bridgehead atoms. The van der Waals surface area contributed by atoms with E-state index in [0.29, 0.717) is 12.0 Å². The van der Waals surface area contributed by atoms with E-state index in [9.17, 15) is 4.79 Å². The number of nitrogens with one attached hydrogen (secondary N) is 2. The number of hydrogen-bond acceptors (Lipinski definition) is 3. The topological polar surface area (TPSA) is 44.4 Å². The van der Waals surface area contributed by atoms with Crippen LogP contribution in [0.2, 0.25) is 0 Å². The molecule has 2 N–H and O–H groups in total. The Labute approximate surface area is 111 Å². The van der Waals surface area contributed by atoms with Gasteiger partial charge in [0.05, 0.1) is 6.54 Å². The van der Waals surface area contributed by atoms with Crippen molar-refractivity contribution in [3.8, 4) is 0 Å². The fourth-order valence-electron chi connectivity index (χ4n) is 2.28. The lowest BCUT2D eigenvalue weighted by molar-refractivity contribution is -0.121. The van der Waals surface area contributed by atoms with E-state index >= 15 is 0 Å². The van der Waals surface area contributed by atoms with E-state index in [1.54, 1.807) is 0 Å². The van der Waals surface area contributed by atoms with Crippen molar-refractivity contribution in [3.05, 3.63) is 0 Å². The van der Waals surface area contributed by atoms with E-state index in [1.165, 1.54) is 12.8 Å². The molecule has 1 amide bonds. The zero-order valence-corrected chi connectivity index (χ0v) is 12.6. The second-order valence-corrected chi connectivity index (χ2v) is 7.02. The minimum Gasteiger partial charge on any atom is -0.350 e. The van der Waals surface area contributed by atoms with E-state index < -0.39 is 0 Å². The average molecular weight is 255 g/mol. The van der Waals surface area contributed by atoms with Crippen molar-refractivity contribution in [3.63, 3.8) is 0 Å². The second-order valence-electron chi connectivity index (χ2n) is 7.02. The fraction of sp³-hybridized carbons (Fsp3) is 0.929. The van der Waals surface area contributed by atoms with Crippen LogP contribution in [0.1, 0.15) is 40.5 Å². The molecule has 106 valence electrons. The van der Waals surface area contributed by atoms with Crippen molar-refractivity contribution >= 4 is 5.91 Å². The third-order valence-corrected chi connectivity index (χ3v) is 3.55. The van der Waals surface area contributed by atoms with Gasteiger partial charge in [0.1, 0.15) is 0 Å². The molecule has 1 aliphatic rings. The number of amides is 1. The number of piperidine rings is 1. The standard InChI is InChI=1S/C14H29N3O/c1-13(2,3)16-12(18)10-15-11-14(4)6-8-17(5)9-7-14/h15H,6-11H2,1-5H3,(H,16,18). The smallest absolute Gasteiger partial charge is 0.234 e. The van der Waals surface area contributed by atoms with Crippen LogP contribution in [-0.4, -0.2) is 49.6 Å². The van der Waals surface area contributed by atoms with E-state index in [2.05, 4.69) is 29.5 Å². The molecule has 1 rings (SSSR count). The van der Waals surface area contributed by atoms with Crippen LogP contribution in [0.5, 0.6) is 0 Å². The monoisotopic (exact) mass is 255 g/mol. The molecule has 0 atom stereocenters. The Hall–Kier alpha value is -0.610. The summed E-state index contributed by atoms with van der Waals surface area (Å²) in [5, 5.41) is 6.27. The Bertz CT molecular complexity index is 275. The van der Waals surface area contributed by atoms with Gasteiger partial charge in [0, 0.05) is 12.1 Å². The summed E-state index contributed by atoms with van der Waals surface area (Å²) in [6.45, 7) is 12.0. The van der Waals surface area contributed by atoms with Gasteiger partial charge in [-0.3, -0.25) is 4.79 Å². The molecule has 1 fully saturated rings. The highest BCUT2D eigenvalue weighted by Gasteiger charge is 2.28. The predicted octanol–water partition coefficient (Wildman–Crippen LogP) is 1.22. The van der Waals surface area contributed by atoms with Crippen molar-refractivity contribution in [2.24, 2.45) is 5.41 Å². The van der Waals surface area contributed by atoms with Gasteiger partial charge in [-0.25, -0.2) is 0 Å². The summed E-state index contributed by atoms with van der Waals surface area (Å²) in [4.78, 5) is 14.0. The first-order valence-electron chi connectivity index (χ1n) is 6.91. The summed E-state index contributed by atoms with van der Waals surface area (Å²) in [7, 11) is 2.17. The molecule has 4 nitrogen and oxygen atoms in total. The first kappa shape index (κ1) is 15.4. The largest absolute Gasteiger partial charge is 0.350 e. The van der Waals surface area contributed by atoms with Crippen LogP contribution in [0.3, 0.4) is 0 Å². The predicted molar refractivity (Wildman–Crippen MR) is 75.6 cm³/mol. The molecule has 0 unspecified atom stereocenters. The van der Waals surface area contributed by atoms with E-state index in [4.69, 9.17) is 0 Å². The summed E-state index contributed by atoms with van der Waals surface area (Å²) in [6.07, 6.45) is 2.41. The van der Waals surface area contributed by atoms with Crippen LogP contribution in [0.15, 0.2) is 0 Å². The molecule has 1 saturated heterocycles. The molecule has 0 aromatic heterocycles. The highest BCUT2D eigenvalue weighted by molar-refractivity contribution is 5.78. The summed E-state index contributed by atoms with van der Waals surface area (Å²) < 4.78 is 0. The zero-order valence-electron chi connectivity index (χ0n) is 12.6. The zero-order chi connectivity index (χ0) is 13.8. The Morgan fingerprint density at radius 1 is 1.28 bits per heavy atom. The maximum Gasteiger partial charge on any atom is 0.234 e. The van der Waals surface area contributed by atoms with Crippen LogP contribution in [0, 0.1) is 5.41 Å². The molecule has 0 radical (unpaired) electrons. The van der Waals surface area contributed by atoms with Gasteiger partial charge in [-0.1, -0.05) is 6.92 Å². The maximum atomic E-state index is 11.7. The molecule has 4 heteroatoms. The summed E-state index contributed by atoms with van der Waals surface area (Å²) in [6, 6.07) is 0. The number of likely N-dealkylation sites (tertiary alicyclic amines) is 1. The molecule has 0 aromatic rings. The van der Waals surface area contributed by atoms with Gasteiger partial charge in [0.2, 0.25) is 5.91 Å². The summed E-state index contributed by atoms with van der Waals surface area (Å²) in [5.74, 6) is 0.0824. The molecule has 1 heterocycles. The minimum atomic E-state index is -0.143. The lowest BCUT2D eigenvalue weighted by Gasteiger charge is -2.38. The first-order chi connectivity index (χ1) is 8.20. The Morgan fingerprint density at radius 3 is 2.33 bits per heavy atom. The molecular weight excluding hydrogens is 226 g/mol. The third kappa shape index (κ3) is 5.83. The van der Waals surface area contributed by atoms with Crippen molar-refractivity contribution < 1.29 is 4.79 Å². The average Bonchev–Trinajstić information content (AvgIpc) is 2.20. The number of carbonyl (C=O) groups excluding carboxylic acids is 1. The molecule has 18 heavy (non-hydrogen) atoms. The second kappa shape index (κ2) is 6.02. The van der Waals surface area contributed by atoms with Crippen molar-refractivity contribution in [2.75, 3.05) is 33.2 Å². The van der Waals surface area contributed by atoms with E-state index in [1.807, 2.05) is 20.8 Å². The third-order valence-electron chi connectivity index (χ3n) is 3.55. The van der Waals surface area contributed by atoms with Gasteiger partial charge < -0.3 is 15.5 Å². The normalized spacial score (nSPS) is 20.7. The summed E-state index contributed by atoms with van der Waals surface area (Å²) >= 11 is 0. The van der Waals surface area contributed by atoms with Crippen LogP contribution < -0.4 is 10.6 Å². The van der Waals surface area contributed by atoms with Crippen LogP contribution in [0.25, 0.3) is 0 Å². The van der Waals surface area contributed by atoms with Gasteiger partial charge in [-0.05, 0) is 59.2 Å². The molecule has 0 aliphatic carbocycles. The van der Waals surface area contributed by atoms with Gasteiger partial charge in [-0.15, -0.1) is 0 Å². The lowest BCUT2D eigenvalue weighted by Crippen LogP contribution is -2.47. The van der Waals surface area contributed by atoms with Crippen LogP contribution >= 0.6 is 0 Å². The lowest BCUT2D eigenvalue weighted by atomic mass is 9.80. The van der Waals surface area contributed by atoms with Gasteiger partial charge in [0.15, 0.2) is 0 Å². The maximum absolute atomic E-state index is 11.7. The molecule has 0 aromatic carbocycles. The van der Waals surface area contributed by atoms with Gasteiger partial charge in [0.25, 0.3) is 0 Å². The Kier molecular flexibility index (Phi) is 5.17. The van der Waals surface area contributed by atoms with Crippen LogP contribution in [0.4, 0.5) is 0 Å². The van der Waals surface area contributed by atoms with E-state index in [0.717, 1.165) is 19.6 Å². The van der Waals surface area contributed by atoms with E-state index in [-0.39, 0.29) is 11.4 Å². The van der Waals surface area contributed by atoms with Gasteiger partial charge >= 0.3 is 0 Å².